The molecule has 0 aliphatic carbocycles. The Balaban J connectivity index is 0.000000520. The van der Waals surface area contributed by atoms with Crippen molar-refractivity contribution >= 4 is 23.8 Å². The summed E-state index contributed by atoms with van der Waals surface area (Å²) in [6, 6.07) is 0.121. The number of carbonyl (C=O) groups is 4. The number of unbranched alkanes of at least 4 members (excludes halogenated alkanes) is 6. The molecular formula is C42H66N2O8. The Morgan fingerprint density at radius 1 is 0.654 bits per heavy atom. The van der Waals surface area contributed by atoms with Crippen molar-refractivity contribution in [1.29, 1.82) is 0 Å². The first-order valence-corrected chi connectivity index (χ1v) is 19.6. The maximum absolute atomic E-state index is 12.1. The number of aliphatic hydroxyl groups is 2. The Kier molecular flexibility index (Phi) is 25.0. The summed E-state index contributed by atoms with van der Waals surface area (Å²) in [4.78, 5) is 48.9. The number of aliphatic hydroxyl groups excluding tert-OH is 2. The van der Waals surface area contributed by atoms with Crippen LogP contribution in [0.4, 0.5) is 0 Å². The van der Waals surface area contributed by atoms with Crippen molar-refractivity contribution in [2.24, 2.45) is 11.8 Å². The molecule has 10 nitrogen and oxygen atoms in total. The quantitative estimate of drug-likeness (QED) is 0.0544. The average Bonchev–Trinajstić information content (AvgIpc) is 3.65. The lowest BCUT2D eigenvalue weighted by Crippen LogP contribution is -2.33. The average molecular weight is 727 g/mol. The van der Waals surface area contributed by atoms with Crippen LogP contribution in [0.3, 0.4) is 0 Å². The van der Waals surface area contributed by atoms with Gasteiger partial charge in [0.15, 0.2) is 0 Å². The summed E-state index contributed by atoms with van der Waals surface area (Å²) in [6.07, 6.45) is 19.4. The molecule has 2 aliphatic heterocycles. The van der Waals surface area contributed by atoms with Gasteiger partial charge in [-0.05, 0) is 50.4 Å². The third-order valence-electron chi connectivity index (χ3n) is 9.51. The number of hydrogen-bond donors (Lipinski definition) is 4. The minimum absolute atomic E-state index is 0.0603. The molecule has 2 amide bonds. The molecule has 52 heavy (non-hydrogen) atoms. The van der Waals surface area contributed by atoms with E-state index in [9.17, 15) is 29.4 Å². The lowest BCUT2D eigenvalue weighted by molar-refractivity contribution is -0.138. The van der Waals surface area contributed by atoms with Crippen molar-refractivity contribution in [2.45, 2.75) is 168 Å². The molecule has 0 unspecified atom stereocenters. The minimum atomic E-state index is -0.751. The van der Waals surface area contributed by atoms with Crippen molar-refractivity contribution in [3.05, 3.63) is 24.3 Å². The molecule has 292 valence electrons. The second-order valence-corrected chi connectivity index (χ2v) is 14.0. The van der Waals surface area contributed by atoms with Gasteiger partial charge in [-0.1, -0.05) is 77.7 Å². The van der Waals surface area contributed by atoms with E-state index >= 15 is 0 Å². The molecular weight excluding hydrogens is 660 g/mol. The second-order valence-electron chi connectivity index (χ2n) is 14.0. The van der Waals surface area contributed by atoms with Crippen molar-refractivity contribution in [1.82, 2.24) is 9.80 Å². The zero-order valence-electron chi connectivity index (χ0n) is 32.2. The van der Waals surface area contributed by atoms with Crippen LogP contribution in [-0.2, 0) is 19.2 Å². The molecule has 2 heterocycles. The predicted octanol–water partition coefficient (Wildman–Crippen LogP) is 6.74. The molecule has 0 saturated carbocycles. The van der Waals surface area contributed by atoms with Crippen LogP contribution in [-0.4, -0.2) is 91.4 Å². The molecule has 0 spiro atoms. The van der Waals surface area contributed by atoms with Crippen LogP contribution in [0, 0.1) is 35.5 Å². The number of carboxylic acid groups (broad SMARTS) is 2. The van der Waals surface area contributed by atoms with Crippen molar-refractivity contribution in [3.8, 4) is 23.7 Å². The predicted molar refractivity (Wildman–Crippen MR) is 205 cm³/mol. The van der Waals surface area contributed by atoms with Crippen LogP contribution in [0.25, 0.3) is 0 Å². The number of hydrogen-bond acceptors (Lipinski definition) is 6. The third kappa shape index (κ3) is 20.4. The van der Waals surface area contributed by atoms with Gasteiger partial charge in [-0.2, -0.15) is 0 Å². The van der Waals surface area contributed by atoms with Gasteiger partial charge >= 0.3 is 11.9 Å². The number of likely N-dealkylation sites (tertiary alicyclic amines) is 2. The zero-order chi connectivity index (χ0) is 38.7. The van der Waals surface area contributed by atoms with E-state index in [1.807, 2.05) is 49.6 Å². The zero-order valence-corrected chi connectivity index (χ0v) is 32.2. The topological polar surface area (TPSA) is 156 Å². The molecule has 2 rings (SSSR count). The summed E-state index contributed by atoms with van der Waals surface area (Å²) < 4.78 is 0. The van der Waals surface area contributed by atoms with Crippen LogP contribution >= 0.6 is 0 Å². The number of amides is 2. The largest absolute Gasteiger partial charge is 0.481 e. The van der Waals surface area contributed by atoms with Gasteiger partial charge in [-0.3, -0.25) is 19.2 Å². The van der Waals surface area contributed by atoms with E-state index in [4.69, 9.17) is 10.2 Å². The second kappa shape index (κ2) is 28.0. The fourth-order valence-corrected chi connectivity index (χ4v) is 6.14. The van der Waals surface area contributed by atoms with Gasteiger partial charge in [0.25, 0.3) is 0 Å². The monoisotopic (exact) mass is 726 g/mol. The molecule has 6 atom stereocenters. The van der Waals surface area contributed by atoms with E-state index in [2.05, 4.69) is 23.7 Å². The lowest BCUT2D eigenvalue weighted by Gasteiger charge is -2.23. The van der Waals surface area contributed by atoms with Crippen molar-refractivity contribution in [2.75, 3.05) is 13.1 Å². The lowest BCUT2D eigenvalue weighted by atomic mass is 10.00. The molecule has 0 aromatic heterocycles. The normalized spacial score (nSPS) is 19.4. The van der Waals surface area contributed by atoms with Gasteiger partial charge in [-0.15, -0.1) is 23.7 Å². The van der Waals surface area contributed by atoms with E-state index in [-0.39, 0.29) is 48.6 Å². The highest BCUT2D eigenvalue weighted by molar-refractivity contribution is 5.79. The summed E-state index contributed by atoms with van der Waals surface area (Å²) in [5, 5.41) is 37.7. The summed E-state index contributed by atoms with van der Waals surface area (Å²) >= 11 is 0. The number of nitrogens with zero attached hydrogens (tertiary/aromatic N) is 2. The van der Waals surface area contributed by atoms with E-state index in [1.54, 1.807) is 12.2 Å². The van der Waals surface area contributed by atoms with Gasteiger partial charge in [0.05, 0.1) is 24.3 Å². The first kappa shape index (κ1) is 46.4. The molecule has 0 bridgehead atoms. The van der Waals surface area contributed by atoms with E-state index in [0.717, 1.165) is 64.2 Å². The Hall–Kier alpha value is -3.60. The van der Waals surface area contributed by atoms with Gasteiger partial charge < -0.3 is 30.2 Å². The minimum Gasteiger partial charge on any atom is -0.481 e. The van der Waals surface area contributed by atoms with Gasteiger partial charge in [0.2, 0.25) is 11.8 Å². The first-order valence-electron chi connectivity index (χ1n) is 19.6. The van der Waals surface area contributed by atoms with Crippen LogP contribution in [0.5, 0.6) is 0 Å². The summed E-state index contributed by atoms with van der Waals surface area (Å²) in [5.74, 6) is 11.1. The van der Waals surface area contributed by atoms with Gasteiger partial charge in [0.1, 0.15) is 0 Å². The molecule has 10 heteroatoms. The highest BCUT2D eigenvalue weighted by atomic mass is 16.4. The molecule has 2 fully saturated rings. The smallest absolute Gasteiger partial charge is 0.303 e. The Bertz CT molecular complexity index is 1160. The maximum Gasteiger partial charge on any atom is 0.303 e. The van der Waals surface area contributed by atoms with Crippen LogP contribution in [0.2, 0.25) is 0 Å². The molecule has 0 aromatic carbocycles. The first-order chi connectivity index (χ1) is 24.9. The molecule has 0 radical (unpaired) electrons. The molecule has 2 saturated heterocycles. The van der Waals surface area contributed by atoms with Gasteiger partial charge in [-0.25, -0.2) is 0 Å². The maximum atomic E-state index is 12.1. The SMILES string of the molecule is CCC#CC[C@@H](C)[C@H](O)/C=C/[C@H]1CCC(=O)N1CCCCCCC(=O)O.CCC#CC[C@H](C)[C@H](O)/C=C/[C@H]1CCC(=O)N1CCCCCCC(=O)O. The summed E-state index contributed by atoms with van der Waals surface area (Å²) in [5.41, 5.74) is 0. The van der Waals surface area contributed by atoms with E-state index in [0.29, 0.717) is 51.6 Å². The van der Waals surface area contributed by atoms with Crippen LogP contribution < -0.4 is 0 Å². The van der Waals surface area contributed by atoms with Crippen LogP contribution in [0.1, 0.15) is 143 Å². The Morgan fingerprint density at radius 2 is 1.02 bits per heavy atom. The highest BCUT2D eigenvalue weighted by Gasteiger charge is 2.29. The molecule has 2 aliphatic rings. The van der Waals surface area contributed by atoms with E-state index < -0.39 is 24.1 Å². The highest BCUT2D eigenvalue weighted by Crippen LogP contribution is 2.23. The number of carboxylic acids is 2. The van der Waals surface area contributed by atoms with Crippen LogP contribution in [0.15, 0.2) is 24.3 Å². The standard InChI is InChI=1S/2C21H33NO4/c2*1-3-4-7-10-17(2)19(23)14-12-18-13-15-20(24)22(18)16-9-6-5-8-11-21(25)26/h2*12,14,17-19,23H,3,5-6,8-11,13,15-16H2,1-2H3,(H,25,26)/b2*14-12+/t17-,18+,19-;17-,18-,19+/m10/s1. The van der Waals surface area contributed by atoms with Crippen molar-refractivity contribution < 1.29 is 39.6 Å². The van der Waals surface area contributed by atoms with E-state index in [1.165, 1.54) is 0 Å². The van der Waals surface area contributed by atoms with Crippen molar-refractivity contribution in [3.63, 3.8) is 0 Å². The molecule has 0 aromatic rings. The Morgan fingerprint density at radius 3 is 1.37 bits per heavy atom. The Labute approximate surface area is 313 Å². The fraction of sp³-hybridized carbons (Fsp3) is 0.714. The summed E-state index contributed by atoms with van der Waals surface area (Å²) in [7, 11) is 0. The summed E-state index contributed by atoms with van der Waals surface area (Å²) in [6.45, 7) is 9.38. The third-order valence-corrected chi connectivity index (χ3v) is 9.51. The fourth-order valence-electron chi connectivity index (χ4n) is 6.14. The van der Waals surface area contributed by atoms with Gasteiger partial charge in [0, 0.05) is 64.5 Å². The number of aliphatic carboxylic acids is 2. The number of rotatable bonds is 22. The molecule has 4 N–H and O–H groups in total. The number of carbonyl (C=O) groups excluding carboxylic acids is 2.